The van der Waals surface area contributed by atoms with E-state index >= 15 is 0 Å². The summed E-state index contributed by atoms with van der Waals surface area (Å²) in [7, 11) is 0. The Balaban J connectivity index is 0.00000256. The van der Waals surface area contributed by atoms with E-state index in [2.05, 4.69) is 32.2 Å². The summed E-state index contributed by atoms with van der Waals surface area (Å²) in [6.45, 7) is 7.37. The summed E-state index contributed by atoms with van der Waals surface area (Å²) in [5.41, 5.74) is 7.40. The molecule has 0 spiro atoms. The van der Waals surface area contributed by atoms with Crippen molar-refractivity contribution >= 4 is 47.0 Å². The summed E-state index contributed by atoms with van der Waals surface area (Å²) in [6, 6.07) is 11.2. The highest BCUT2D eigenvalue weighted by Gasteiger charge is 2.24. The standard InChI is InChI=1S/C21H28FN5OS.HI/c22-17-3-5-18(6-4-17)25-7-9-27(10-8-25)21(23)24-16-19(20-2-1-15-29-20)26-11-13-28-14-12-26;/h1-6,15,19H,7-14,16H2,(H2,23,24);1H. The number of thiophene rings is 1. The second-order valence-electron chi connectivity index (χ2n) is 7.33. The number of piperazine rings is 1. The smallest absolute Gasteiger partial charge is 0.191 e. The molecule has 164 valence electrons. The van der Waals surface area contributed by atoms with Gasteiger partial charge in [-0.05, 0) is 35.7 Å². The maximum atomic E-state index is 13.1. The van der Waals surface area contributed by atoms with Gasteiger partial charge in [0.1, 0.15) is 5.82 Å². The molecule has 4 rings (SSSR count). The van der Waals surface area contributed by atoms with Crippen molar-refractivity contribution in [3.05, 3.63) is 52.5 Å². The number of hydrogen-bond acceptors (Lipinski definition) is 5. The van der Waals surface area contributed by atoms with E-state index in [1.807, 2.05) is 12.1 Å². The Kier molecular flexibility index (Phi) is 8.72. The summed E-state index contributed by atoms with van der Waals surface area (Å²) in [6.07, 6.45) is 0. The van der Waals surface area contributed by atoms with Crippen LogP contribution in [-0.2, 0) is 4.74 Å². The quantitative estimate of drug-likeness (QED) is 0.356. The van der Waals surface area contributed by atoms with Crippen LogP contribution in [0, 0.1) is 5.82 Å². The summed E-state index contributed by atoms with van der Waals surface area (Å²) < 4.78 is 18.6. The Morgan fingerprint density at radius 2 is 1.77 bits per heavy atom. The molecule has 2 aliphatic heterocycles. The molecule has 2 aliphatic rings. The molecular weight excluding hydrogens is 516 g/mol. The minimum atomic E-state index is -0.204. The van der Waals surface area contributed by atoms with Crippen LogP contribution in [0.3, 0.4) is 0 Å². The normalized spacial score (nSPS) is 19.4. The Hall–Kier alpha value is -1.43. The maximum Gasteiger partial charge on any atom is 0.191 e. The minimum absolute atomic E-state index is 0. The topological polar surface area (TPSA) is 57.3 Å². The lowest BCUT2D eigenvalue weighted by Gasteiger charge is -2.37. The SMILES string of the molecule is I.NC(=NCC(c1cccs1)N1CCOCC1)N1CCN(c2ccc(F)cc2)CC1. The molecule has 9 heteroatoms. The summed E-state index contributed by atoms with van der Waals surface area (Å²) in [5, 5.41) is 2.12. The van der Waals surface area contributed by atoms with Crippen molar-refractivity contribution in [3.8, 4) is 0 Å². The van der Waals surface area contributed by atoms with Crippen molar-refractivity contribution in [2.45, 2.75) is 6.04 Å². The van der Waals surface area contributed by atoms with Crippen molar-refractivity contribution in [3.63, 3.8) is 0 Å². The number of aliphatic imine (C=N–C) groups is 1. The van der Waals surface area contributed by atoms with E-state index < -0.39 is 0 Å². The number of nitrogens with zero attached hydrogens (tertiary/aromatic N) is 4. The largest absolute Gasteiger partial charge is 0.379 e. The molecule has 2 N–H and O–H groups in total. The fraction of sp³-hybridized carbons (Fsp3) is 0.476. The Labute approximate surface area is 198 Å². The van der Waals surface area contributed by atoms with E-state index in [0.717, 1.165) is 58.2 Å². The second-order valence-corrected chi connectivity index (χ2v) is 8.31. The number of anilines is 1. The van der Waals surface area contributed by atoms with E-state index in [0.29, 0.717) is 12.5 Å². The number of rotatable bonds is 5. The van der Waals surface area contributed by atoms with E-state index in [9.17, 15) is 4.39 Å². The number of morpholine rings is 1. The van der Waals surface area contributed by atoms with Crippen LogP contribution in [0.2, 0.25) is 0 Å². The number of nitrogens with two attached hydrogens (primary N) is 1. The van der Waals surface area contributed by atoms with Crippen LogP contribution in [0.25, 0.3) is 0 Å². The molecule has 0 saturated carbocycles. The van der Waals surface area contributed by atoms with Gasteiger partial charge in [0.05, 0.1) is 25.8 Å². The number of ether oxygens (including phenoxy) is 1. The average Bonchev–Trinajstić information content (AvgIpc) is 3.30. The van der Waals surface area contributed by atoms with E-state index in [1.54, 1.807) is 11.3 Å². The third kappa shape index (κ3) is 5.83. The molecule has 0 aliphatic carbocycles. The Morgan fingerprint density at radius 1 is 1.07 bits per heavy atom. The number of benzene rings is 1. The lowest BCUT2D eigenvalue weighted by molar-refractivity contribution is 0.0186. The van der Waals surface area contributed by atoms with Crippen LogP contribution < -0.4 is 10.6 Å². The molecule has 2 saturated heterocycles. The maximum absolute atomic E-state index is 13.1. The molecule has 0 radical (unpaired) electrons. The fourth-order valence-corrected chi connectivity index (χ4v) is 4.73. The van der Waals surface area contributed by atoms with Gasteiger partial charge in [0.25, 0.3) is 0 Å². The first kappa shape index (κ1) is 23.2. The van der Waals surface area contributed by atoms with Gasteiger partial charge in [-0.3, -0.25) is 9.89 Å². The molecular formula is C21H29FIN5OS. The molecule has 0 amide bonds. The van der Waals surface area contributed by atoms with Gasteiger partial charge in [-0.25, -0.2) is 4.39 Å². The molecule has 2 aromatic rings. The minimum Gasteiger partial charge on any atom is -0.379 e. The van der Waals surface area contributed by atoms with Crippen LogP contribution in [0.5, 0.6) is 0 Å². The average molecular weight is 545 g/mol. The zero-order chi connectivity index (χ0) is 20.1. The van der Waals surface area contributed by atoms with Crippen LogP contribution in [0.15, 0.2) is 46.8 Å². The molecule has 6 nitrogen and oxygen atoms in total. The van der Waals surface area contributed by atoms with Gasteiger partial charge >= 0.3 is 0 Å². The monoisotopic (exact) mass is 545 g/mol. The van der Waals surface area contributed by atoms with Gasteiger partial charge in [-0.1, -0.05) is 6.07 Å². The van der Waals surface area contributed by atoms with E-state index in [-0.39, 0.29) is 35.8 Å². The Bertz CT molecular complexity index is 790. The lowest BCUT2D eigenvalue weighted by Crippen LogP contribution is -2.51. The van der Waals surface area contributed by atoms with Crippen LogP contribution in [0.4, 0.5) is 10.1 Å². The van der Waals surface area contributed by atoms with E-state index in [4.69, 9.17) is 15.5 Å². The molecule has 1 aromatic heterocycles. The van der Waals surface area contributed by atoms with Crippen LogP contribution >= 0.6 is 35.3 Å². The zero-order valence-corrected chi connectivity index (χ0v) is 20.1. The summed E-state index contributed by atoms with van der Waals surface area (Å²) in [5.74, 6) is 0.405. The molecule has 1 unspecified atom stereocenters. The number of guanidine groups is 1. The van der Waals surface area contributed by atoms with Gasteiger partial charge in [-0.15, -0.1) is 35.3 Å². The van der Waals surface area contributed by atoms with Gasteiger partial charge < -0.3 is 20.3 Å². The van der Waals surface area contributed by atoms with Gasteiger partial charge in [0.15, 0.2) is 5.96 Å². The van der Waals surface area contributed by atoms with Crippen molar-refractivity contribution in [1.82, 2.24) is 9.80 Å². The first-order valence-corrected chi connectivity index (χ1v) is 11.0. The summed E-state index contributed by atoms with van der Waals surface area (Å²) >= 11 is 1.77. The molecule has 2 fully saturated rings. The first-order chi connectivity index (χ1) is 14.2. The highest BCUT2D eigenvalue weighted by molar-refractivity contribution is 14.0. The Morgan fingerprint density at radius 3 is 2.40 bits per heavy atom. The third-order valence-electron chi connectivity index (χ3n) is 5.58. The number of halogens is 2. The van der Waals surface area contributed by atoms with Gasteiger partial charge in [0, 0.05) is 49.8 Å². The summed E-state index contributed by atoms with van der Waals surface area (Å²) in [4.78, 5) is 12.9. The highest BCUT2D eigenvalue weighted by Crippen LogP contribution is 2.26. The molecule has 1 aromatic carbocycles. The molecule has 0 bridgehead atoms. The molecule has 3 heterocycles. The van der Waals surface area contributed by atoms with Crippen molar-refractivity contribution in [1.29, 1.82) is 0 Å². The van der Waals surface area contributed by atoms with Crippen LogP contribution in [-0.4, -0.2) is 74.8 Å². The fourth-order valence-electron chi connectivity index (χ4n) is 3.88. The third-order valence-corrected chi connectivity index (χ3v) is 6.55. The first-order valence-electron chi connectivity index (χ1n) is 10.1. The zero-order valence-electron chi connectivity index (χ0n) is 17.0. The van der Waals surface area contributed by atoms with Crippen molar-refractivity contribution in [2.75, 3.05) is 63.9 Å². The van der Waals surface area contributed by atoms with E-state index in [1.165, 1.54) is 17.0 Å². The predicted molar refractivity (Wildman–Crippen MR) is 132 cm³/mol. The van der Waals surface area contributed by atoms with Crippen molar-refractivity contribution < 1.29 is 9.13 Å². The molecule has 30 heavy (non-hydrogen) atoms. The second kappa shape index (κ2) is 11.3. The van der Waals surface area contributed by atoms with Crippen LogP contribution in [0.1, 0.15) is 10.9 Å². The van der Waals surface area contributed by atoms with Gasteiger partial charge in [-0.2, -0.15) is 0 Å². The molecule has 1 atom stereocenters. The lowest BCUT2D eigenvalue weighted by atomic mass is 10.2. The number of hydrogen-bond donors (Lipinski definition) is 1. The van der Waals surface area contributed by atoms with Gasteiger partial charge in [0.2, 0.25) is 0 Å². The van der Waals surface area contributed by atoms with Crippen molar-refractivity contribution in [2.24, 2.45) is 10.7 Å². The highest BCUT2D eigenvalue weighted by atomic mass is 127. The predicted octanol–water partition coefficient (Wildman–Crippen LogP) is 3.02.